The lowest BCUT2D eigenvalue weighted by Crippen LogP contribution is -2.54. The number of halogens is 1. The molecule has 0 N–H and O–H groups in total. The van der Waals surface area contributed by atoms with Gasteiger partial charge in [-0.1, -0.05) is 19.1 Å². The second-order valence-electron chi connectivity index (χ2n) is 10.2. The van der Waals surface area contributed by atoms with E-state index in [9.17, 15) is 14.4 Å². The molecule has 0 spiro atoms. The number of nitriles is 1. The number of fused-ring (bicyclic) bond motifs is 1. The standard InChI is InChI=1S/C29H29FN6OS/c1-3-22-16-35(28(19-6-8-20(30)9-7-19)29-33-23(17-38-29)18-4-5-18)12-13-36(22)25-14-26(37)34(2)24-11-10-21(15-31)32-27(24)25/h6-11,14,17-18,22,28H,3-5,12-13,16H2,1-2H3/t22-,28?/m0/s1. The van der Waals surface area contributed by atoms with Gasteiger partial charge in [-0.2, -0.15) is 5.26 Å². The van der Waals surface area contributed by atoms with Crippen LogP contribution in [0.3, 0.4) is 0 Å². The van der Waals surface area contributed by atoms with E-state index < -0.39 is 0 Å². The van der Waals surface area contributed by atoms with E-state index in [4.69, 9.17) is 4.98 Å². The Labute approximate surface area is 224 Å². The van der Waals surface area contributed by atoms with E-state index in [0.717, 1.165) is 35.8 Å². The quantitative estimate of drug-likeness (QED) is 0.352. The van der Waals surface area contributed by atoms with Crippen LogP contribution in [0.1, 0.15) is 60.1 Å². The van der Waals surface area contributed by atoms with Gasteiger partial charge >= 0.3 is 0 Å². The zero-order valence-corrected chi connectivity index (χ0v) is 22.3. The number of thiazole rings is 1. The van der Waals surface area contributed by atoms with Crippen molar-refractivity contribution in [2.45, 2.75) is 44.2 Å². The minimum Gasteiger partial charge on any atom is -0.364 e. The Kier molecular flexibility index (Phi) is 6.46. The molecule has 2 atom stereocenters. The molecule has 0 amide bonds. The normalized spacial score (nSPS) is 19.0. The molecule has 0 radical (unpaired) electrons. The molecule has 1 aliphatic heterocycles. The maximum Gasteiger partial charge on any atom is 0.252 e. The molecule has 1 aromatic carbocycles. The summed E-state index contributed by atoms with van der Waals surface area (Å²) in [6.07, 6.45) is 3.27. The van der Waals surface area contributed by atoms with Gasteiger partial charge in [0.25, 0.3) is 5.56 Å². The van der Waals surface area contributed by atoms with Gasteiger partial charge in [-0.25, -0.2) is 14.4 Å². The summed E-state index contributed by atoms with van der Waals surface area (Å²) in [7, 11) is 1.73. The monoisotopic (exact) mass is 528 g/mol. The van der Waals surface area contributed by atoms with Gasteiger partial charge in [-0.15, -0.1) is 11.3 Å². The maximum absolute atomic E-state index is 13.8. The highest BCUT2D eigenvalue weighted by molar-refractivity contribution is 7.09. The summed E-state index contributed by atoms with van der Waals surface area (Å²) in [6.45, 7) is 4.34. The van der Waals surface area contributed by atoms with Gasteiger partial charge in [0, 0.05) is 50.1 Å². The minimum atomic E-state index is -0.247. The fraction of sp³-hybridized carbons (Fsp3) is 0.379. The van der Waals surface area contributed by atoms with Crippen molar-refractivity contribution in [1.82, 2.24) is 19.4 Å². The summed E-state index contributed by atoms with van der Waals surface area (Å²) < 4.78 is 15.4. The van der Waals surface area contributed by atoms with Crippen molar-refractivity contribution in [1.29, 1.82) is 5.26 Å². The molecule has 4 heterocycles. The number of anilines is 1. The van der Waals surface area contributed by atoms with Crippen LogP contribution in [0.2, 0.25) is 0 Å². The highest BCUT2D eigenvalue weighted by Crippen LogP contribution is 2.42. The molecule has 2 aliphatic rings. The number of hydrogen-bond acceptors (Lipinski definition) is 7. The number of rotatable bonds is 6. The van der Waals surface area contributed by atoms with Crippen LogP contribution in [0, 0.1) is 17.1 Å². The largest absolute Gasteiger partial charge is 0.364 e. The van der Waals surface area contributed by atoms with E-state index in [1.807, 2.05) is 12.1 Å². The Morgan fingerprint density at radius 2 is 1.95 bits per heavy atom. The van der Waals surface area contributed by atoms with Crippen LogP contribution < -0.4 is 10.5 Å². The number of aromatic nitrogens is 3. The third-order valence-electron chi connectivity index (χ3n) is 7.80. The van der Waals surface area contributed by atoms with E-state index in [-0.39, 0.29) is 23.5 Å². The molecule has 0 bridgehead atoms. The lowest BCUT2D eigenvalue weighted by atomic mass is 10.0. The van der Waals surface area contributed by atoms with Gasteiger partial charge in [0.2, 0.25) is 0 Å². The van der Waals surface area contributed by atoms with E-state index >= 15 is 0 Å². The smallest absolute Gasteiger partial charge is 0.252 e. The van der Waals surface area contributed by atoms with Crippen LogP contribution in [0.5, 0.6) is 0 Å². The Bertz CT molecular complexity index is 1590. The Hall–Kier alpha value is -3.61. The molecule has 7 nitrogen and oxygen atoms in total. The van der Waals surface area contributed by atoms with Gasteiger partial charge in [0.15, 0.2) is 0 Å². The van der Waals surface area contributed by atoms with E-state index in [1.54, 1.807) is 41.2 Å². The van der Waals surface area contributed by atoms with Gasteiger partial charge < -0.3 is 9.47 Å². The van der Waals surface area contributed by atoms with Crippen LogP contribution in [0.4, 0.5) is 10.1 Å². The zero-order chi connectivity index (χ0) is 26.4. The molecule has 6 rings (SSSR count). The molecular formula is C29H29FN6OS. The summed E-state index contributed by atoms with van der Waals surface area (Å²) in [5.74, 6) is 0.331. The minimum absolute atomic E-state index is 0.0620. The molecule has 38 heavy (non-hydrogen) atoms. The van der Waals surface area contributed by atoms with Crippen molar-refractivity contribution in [3.8, 4) is 6.07 Å². The fourth-order valence-corrected chi connectivity index (χ4v) is 6.58. The topological polar surface area (TPSA) is 78.0 Å². The van der Waals surface area contributed by atoms with Crippen molar-refractivity contribution in [2.75, 3.05) is 24.5 Å². The predicted molar refractivity (Wildman–Crippen MR) is 147 cm³/mol. The summed E-state index contributed by atoms with van der Waals surface area (Å²) in [5.41, 5.74) is 4.59. The Balaban J connectivity index is 1.37. The SMILES string of the molecule is CC[C@H]1CN(C(c2ccc(F)cc2)c2nc(C3CC3)cs2)CCN1c1cc(=O)n(C)c2ccc(C#N)nc12. The number of piperazine rings is 1. The van der Waals surface area contributed by atoms with E-state index in [2.05, 4.69) is 33.2 Å². The summed E-state index contributed by atoms with van der Waals surface area (Å²) in [5, 5.41) is 12.7. The Morgan fingerprint density at radius 1 is 1.16 bits per heavy atom. The lowest BCUT2D eigenvalue weighted by Gasteiger charge is -2.45. The lowest BCUT2D eigenvalue weighted by molar-refractivity contribution is 0.180. The highest BCUT2D eigenvalue weighted by Gasteiger charge is 2.35. The Morgan fingerprint density at radius 3 is 2.66 bits per heavy atom. The van der Waals surface area contributed by atoms with Crippen LogP contribution in [0.15, 0.2) is 52.6 Å². The summed E-state index contributed by atoms with van der Waals surface area (Å²) in [6, 6.07) is 14.1. The first kappa shape index (κ1) is 24.7. The average molecular weight is 529 g/mol. The molecule has 1 aliphatic carbocycles. The molecule has 194 valence electrons. The highest BCUT2D eigenvalue weighted by atomic mass is 32.1. The third kappa shape index (κ3) is 4.48. The van der Waals surface area contributed by atoms with Crippen LogP contribution >= 0.6 is 11.3 Å². The molecule has 2 fully saturated rings. The molecule has 1 saturated heterocycles. The average Bonchev–Trinajstić information content (AvgIpc) is 3.69. The third-order valence-corrected chi connectivity index (χ3v) is 8.71. The first-order valence-electron chi connectivity index (χ1n) is 13.1. The van der Waals surface area contributed by atoms with Crippen LogP contribution in [0.25, 0.3) is 11.0 Å². The van der Waals surface area contributed by atoms with Crippen molar-refractivity contribution in [3.63, 3.8) is 0 Å². The fourth-order valence-electron chi connectivity index (χ4n) is 5.52. The summed E-state index contributed by atoms with van der Waals surface area (Å²) >= 11 is 1.69. The van der Waals surface area contributed by atoms with E-state index in [0.29, 0.717) is 29.2 Å². The molecule has 4 aromatic rings. The molecule has 9 heteroatoms. The first-order chi connectivity index (χ1) is 18.5. The number of aryl methyl sites for hydroxylation is 1. The number of pyridine rings is 2. The maximum atomic E-state index is 13.8. The van der Waals surface area contributed by atoms with Crippen molar-refractivity contribution < 1.29 is 4.39 Å². The van der Waals surface area contributed by atoms with Crippen LogP contribution in [-0.4, -0.2) is 45.1 Å². The molecular weight excluding hydrogens is 499 g/mol. The van der Waals surface area contributed by atoms with Crippen molar-refractivity contribution >= 4 is 28.1 Å². The number of nitrogens with zero attached hydrogens (tertiary/aromatic N) is 6. The van der Waals surface area contributed by atoms with Gasteiger partial charge in [0.1, 0.15) is 28.1 Å². The van der Waals surface area contributed by atoms with Gasteiger partial charge in [-0.3, -0.25) is 9.69 Å². The van der Waals surface area contributed by atoms with Crippen molar-refractivity contribution in [3.05, 3.63) is 86.0 Å². The van der Waals surface area contributed by atoms with Crippen molar-refractivity contribution in [2.24, 2.45) is 7.05 Å². The second kappa shape index (κ2) is 9.93. The molecule has 1 saturated carbocycles. The van der Waals surface area contributed by atoms with E-state index in [1.165, 1.54) is 30.7 Å². The number of benzene rings is 1. The number of hydrogen-bond donors (Lipinski definition) is 0. The van der Waals surface area contributed by atoms with Gasteiger partial charge in [0.05, 0.1) is 22.9 Å². The first-order valence-corrected chi connectivity index (χ1v) is 14.0. The summed E-state index contributed by atoms with van der Waals surface area (Å²) in [4.78, 5) is 27.2. The van der Waals surface area contributed by atoms with Crippen LogP contribution in [-0.2, 0) is 7.05 Å². The predicted octanol–water partition coefficient (Wildman–Crippen LogP) is 4.97. The molecule has 1 unspecified atom stereocenters. The second-order valence-corrected chi connectivity index (χ2v) is 11.1. The molecule has 3 aromatic heterocycles. The zero-order valence-electron chi connectivity index (χ0n) is 21.5. The van der Waals surface area contributed by atoms with Gasteiger partial charge in [-0.05, 0) is 49.1 Å².